The Morgan fingerprint density at radius 1 is 1.69 bits per heavy atom. The molecule has 0 saturated carbocycles. The van der Waals surface area contributed by atoms with E-state index in [2.05, 4.69) is 18.7 Å². The van der Waals surface area contributed by atoms with Crippen LogP contribution < -0.4 is 5.73 Å². The number of carboxylic acid groups (broad SMARTS) is 1. The van der Waals surface area contributed by atoms with E-state index in [0.717, 1.165) is 13.0 Å². The second kappa shape index (κ2) is 3.64. The first-order chi connectivity index (χ1) is 5.93. The van der Waals surface area contributed by atoms with E-state index in [0.29, 0.717) is 12.6 Å². The van der Waals surface area contributed by atoms with Crippen molar-refractivity contribution in [2.45, 2.75) is 38.3 Å². The molecule has 1 aliphatic heterocycles. The van der Waals surface area contributed by atoms with Crippen LogP contribution in [0.2, 0.25) is 0 Å². The Kier molecular flexibility index (Phi) is 2.93. The summed E-state index contributed by atoms with van der Waals surface area (Å²) in [5, 5.41) is 8.67. The van der Waals surface area contributed by atoms with E-state index in [1.165, 1.54) is 0 Å². The highest BCUT2D eigenvalue weighted by Crippen LogP contribution is 2.23. The summed E-state index contributed by atoms with van der Waals surface area (Å²) >= 11 is 0. The van der Waals surface area contributed by atoms with Gasteiger partial charge in [0.1, 0.15) is 0 Å². The van der Waals surface area contributed by atoms with Gasteiger partial charge in [-0.05, 0) is 20.3 Å². The van der Waals surface area contributed by atoms with Gasteiger partial charge < -0.3 is 10.8 Å². The minimum atomic E-state index is -0.798. The number of hydrogen-bond donors (Lipinski definition) is 2. The van der Waals surface area contributed by atoms with Gasteiger partial charge in [0.05, 0.1) is 6.42 Å². The number of hydrogen-bond acceptors (Lipinski definition) is 3. The van der Waals surface area contributed by atoms with Crippen LogP contribution in [0.3, 0.4) is 0 Å². The Morgan fingerprint density at radius 3 is 2.69 bits per heavy atom. The van der Waals surface area contributed by atoms with Gasteiger partial charge in [0, 0.05) is 24.7 Å². The molecule has 0 aromatic rings. The summed E-state index contributed by atoms with van der Waals surface area (Å²) < 4.78 is 0. The summed E-state index contributed by atoms with van der Waals surface area (Å²) in [4.78, 5) is 12.8. The van der Waals surface area contributed by atoms with Crippen LogP contribution in [0.5, 0.6) is 0 Å². The first kappa shape index (κ1) is 10.5. The minimum Gasteiger partial charge on any atom is -0.481 e. The van der Waals surface area contributed by atoms with Crippen LogP contribution in [-0.4, -0.2) is 40.6 Å². The summed E-state index contributed by atoms with van der Waals surface area (Å²) in [5.74, 6) is -0.798. The fourth-order valence-electron chi connectivity index (χ4n) is 1.82. The number of carbonyl (C=O) groups is 1. The molecule has 0 aliphatic carbocycles. The Hall–Kier alpha value is -0.610. The minimum absolute atomic E-state index is 0.0796. The molecule has 4 nitrogen and oxygen atoms in total. The highest BCUT2D eigenvalue weighted by atomic mass is 16.4. The second-order valence-electron chi connectivity index (χ2n) is 4.25. The number of carboxylic acids is 1. The molecule has 76 valence electrons. The van der Waals surface area contributed by atoms with Gasteiger partial charge >= 0.3 is 5.97 Å². The van der Waals surface area contributed by atoms with E-state index in [9.17, 15) is 4.79 Å². The van der Waals surface area contributed by atoms with Crippen LogP contribution in [0, 0.1) is 0 Å². The maximum atomic E-state index is 10.5. The first-order valence-corrected chi connectivity index (χ1v) is 4.68. The van der Waals surface area contributed by atoms with Crippen LogP contribution in [0.4, 0.5) is 0 Å². The largest absolute Gasteiger partial charge is 0.481 e. The van der Waals surface area contributed by atoms with E-state index in [4.69, 9.17) is 10.8 Å². The molecule has 1 heterocycles. The van der Waals surface area contributed by atoms with Crippen LogP contribution in [0.25, 0.3) is 0 Å². The number of rotatable bonds is 3. The van der Waals surface area contributed by atoms with Gasteiger partial charge in [-0.1, -0.05) is 0 Å². The molecule has 0 bridgehead atoms. The summed E-state index contributed by atoms with van der Waals surface area (Å²) in [7, 11) is 0. The van der Waals surface area contributed by atoms with Gasteiger partial charge in [-0.15, -0.1) is 0 Å². The molecule has 1 saturated heterocycles. The monoisotopic (exact) mass is 186 g/mol. The van der Waals surface area contributed by atoms with Crippen molar-refractivity contribution >= 4 is 5.97 Å². The predicted octanol–water partition coefficient (Wildman–Crippen LogP) is 0.273. The Labute approximate surface area is 78.7 Å². The fourth-order valence-corrected chi connectivity index (χ4v) is 1.82. The molecule has 13 heavy (non-hydrogen) atoms. The Morgan fingerprint density at radius 2 is 2.31 bits per heavy atom. The predicted molar refractivity (Wildman–Crippen MR) is 50.5 cm³/mol. The van der Waals surface area contributed by atoms with E-state index < -0.39 is 11.5 Å². The zero-order valence-corrected chi connectivity index (χ0v) is 8.29. The molecule has 4 heteroatoms. The highest BCUT2D eigenvalue weighted by molar-refractivity contribution is 5.68. The van der Waals surface area contributed by atoms with Crippen molar-refractivity contribution < 1.29 is 9.90 Å². The van der Waals surface area contributed by atoms with Crippen LogP contribution in [-0.2, 0) is 4.79 Å². The zero-order valence-electron chi connectivity index (χ0n) is 8.29. The van der Waals surface area contributed by atoms with Crippen molar-refractivity contribution in [3.8, 4) is 0 Å². The van der Waals surface area contributed by atoms with Gasteiger partial charge in [-0.3, -0.25) is 9.69 Å². The van der Waals surface area contributed by atoms with Crippen LogP contribution in [0.15, 0.2) is 0 Å². The molecule has 0 radical (unpaired) electrons. The van der Waals surface area contributed by atoms with Crippen molar-refractivity contribution in [1.29, 1.82) is 0 Å². The van der Waals surface area contributed by atoms with Gasteiger partial charge in [0.15, 0.2) is 0 Å². The summed E-state index contributed by atoms with van der Waals surface area (Å²) in [5.41, 5.74) is 5.46. The summed E-state index contributed by atoms with van der Waals surface area (Å²) in [6.07, 6.45) is 0.869. The van der Waals surface area contributed by atoms with E-state index in [1.54, 1.807) is 0 Å². The number of likely N-dealkylation sites (tertiary alicyclic amines) is 1. The standard InChI is InChI=1S/C9H18N2O2/c1-7(2)11-4-3-9(10,6-11)5-8(12)13/h7H,3-6,10H2,1-2H3,(H,12,13). The van der Waals surface area contributed by atoms with Crippen molar-refractivity contribution in [3.63, 3.8) is 0 Å². The maximum Gasteiger partial charge on any atom is 0.305 e. The van der Waals surface area contributed by atoms with E-state index in [1.807, 2.05) is 0 Å². The van der Waals surface area contributed by atoms with Crippen LogP contribution >= 0.6 is 0 Å². The molecular weight excluding hydrogens is 168 g/mol. The zero-order chi connectivity index (χ0) is 10.1. The molecular formula is C9H18N2O2. The van der Waals surface area contributed by atoms with Crippen LogP contribution in [0.1, 0.15) is 26.7 Å². The number of nitrogens with zero attached hydrogens (tertiary/aromatic N) is 1. The molecule has 0 spiro atoms. The first-order valence-electron chi connectivity index (χ1n) is 4.68. The molecule has 1 rings (SSSR count). The SMILES string of the molecule is CC(C)N1CCC(N)(CC(=O)O)C1. The fraction of sp³-hybridized carbons (Fsp3) is 0.889. The third-order valence-corrected chi connectivity index (χ3v) is 2.65. The molecule has 0 aromatic carbocycles. The lowest BCUT2D eigenvalue weighted by Gasteiger charge is -2.24. The lowest BCUT2D eigenvalue weighted by molar-refractivity contribution is -0.138. The third-order valence-electron chi connectivity index (χ3n) is 2.65. The molecule has 0 amide bonds. The summed E-state index contributed by atoms with van der Waals surface area (Å²) in [6.45, 7) is 5.83. The maximum absolute atomic E-state index is 10.5. The number of nitrogens with two attached hydrogens (primary N) is 1. The summed E-state index contributed by atoms with van der Waals surface area (Å²) in [6, 6.07) is 0.458. The van der Waals surface area contributed by atoms with E-state index >= 15 is 0 Å². The van der Waals surface area contributed by atoms with Crippen molar-refractivity contribution in [3.05, 3.63) is 0 Å². The average Bonchev–Trinajstić information content (AvgIpc) is 2.29. The van der Waals surface area contributed by atoms with Crippen molar-refractivity contribution in [1.82, 2.24) is 4.90 Å². The molecule has 1 fully saturated rings. The van der Waals surface area contributed by atoms with Crippen molar-refractivity contribution in [2.75, 3.05) is 13.1 Å². The van der Waals surface area contributed by atoms with Crippen molar-refractivity contribution in [2.24, 2.45) is 5.73 Å². The van der Waals surface area contributed by atoms with Gasteiger partial charge in [-0.2, -0.15) is 0 Å². The third kappa shape index (κ3) is 2.67. The average molecular weight is 186 g/mol. The lowest BCUT2D eigenvalue weighted by Crippen LogP contribution is -2.45. The van der Waals surface area contributed by atoms with Gasteiger partial charge in [0.2, 0.25) is 0 Å². The van der Waals surface area contributed by atoms with Gasteiger partial charge in [-0.25, -0.2) is 0 Å². The molecule has 3 N–H and O–H groups in total. The number of aliphatic carboxylic acids is 1. The molecule has 0 aromatic heterocycles. The normalized spacial score (nSPS) is 29.8. The Balaban J connectivity index is 2.51. The molecule has 1 aliphatic rings. The highest BCUT2D eigenvalue weighted by Gasteiger charge is 2.36. The van der Waals surface area contributed by atoms with Gasteiger partial charge in [0.25, 0.3) is 0 Å². The molecule has 1 unspecified atom stereocenters. The van der Waals surface area contributed by atoms with E-state index in [-0.39, 0.29) is 6.42 Å². The quantitative estimate of drug-likeness (QED) is 0.664. The second-order valence-corrected chi connectivity index (χ2v) is 4.25. The lowest BCUT2D eigenvalue weighted by atomic mass is 9.96. The molecule has 1 atom stereocenters. The smallest absolute Gasteiger partial charge is 0.305 e. The Bertz CT molecular complexity index is 206. The topological polar surface area (TPSA) is 66.6 Å².